The highest BCUT2D eigenvalue weighted by atomic mass is 16.2. The zero-order valence-corrected chi connectivity index (χ0v) is 23.8. The number of rotatable bonds is 1. The van der Waals surface area contributed by atoms with Gasteiger partial charge in [-0.05, 0) is 89.4 Å². The van der Waals surface area contributed by atoms with E-state index in [-0.39, 0.29) is 28.3 Å². The molecule has 0 heterocycles. The van der Waals surface area contributed by atoms with Crippen molar-refractivity contribution in [3.8, 4) is 6.07 Å². The van der Waals surface area contributed by atoms with E-state index in [1.54, 1.807) is 6.08 Å². The Kier molecular flexibility index (Phi) is 5.60. The summed E-state index contributed by atoms with van der Waals surface area (Å²) >= 11 is 0. The van der Waals surface area contributed by atoms with Gasteiger partial charge in [0.25, 0.3) is 0 Å². The zero-order valence-electron chi connectivity index (χ0n) is 23.8. The van der Waals surface area contributed by atoms with Crippen LogP contribution < -0.4 is 0 Å². The van der Waals surface area contributed by atoms with E-state index >= 15 is 0 Å². The molecule has 1 unspecified atom stereocenters. The van der Waals surface area contributed by atoms with Crippen molar-refractivity contribution in [2.75, 3.05) is 0 Å². The van der Waals surface area contributed by atoms with E-state index in [1.165, 1.54) is 0 Å². The Morgan fingerprint density at radius 3 is 2.34 bits per heavy atom. The van der Waals surface area contributed by atoms with E-state index in [0.717, 1.165) is 18.4 Å². The Morgan fingerprint density at radius 1 is 1.05 bits per heavy atom. The quantitative estimate of drug-likeness (QED) is 0.213. The van der Waals surface area contributed by atoms with Gasteiger partial charge in [-0.25, -0.2) is 0 Å². The zero-order chi connectivity index (χ0) is 28.1. The molecule has 1 amide bonds. The summed E-state index contributed by atoms with van der Waals surface area (Å²) in [5.41, 5.74) is 7.14. The van der Waals surface area contributed by atoms with Gasteiger partial charge in [0.15, 0.2) is 11.6 Å². The van der Waals surface area contributed by atoms with Crippen molar-refractivity contribution in [1.29, 1.82) is 5.26 Å². The van der Waals surface area contributed by atoms with E-state index in [2.05, 4.69) is 50.7 Å². The molecule has 3 fully saturated rings. The van der Waals surface area contributed by atoms with Crippen LogP contribution in [-0.4, -0.2) is 17.5 Å². The number of allylic oxidation sites excluding steroid dienone is 4. The molecule has 0 aromatic rings. The maximum absolute atomic E-state index is 14.4. The minimum absolute atomic E-state index is 0.0225. The molecule has 7 nitrogen and oxygen atoms in total. The predicted molar refractivity (Wildman–Crippen MR) is 143 cm³/mol. The molecule has 0 radical (unpaired) electrons. The van der Waals surface area contributed by atoms with Gasteiger partial charge in [0.1, 0.15) is 0 Å². The average Bonchev–Trinajstić information content (AvgIpc) is 2.83. The highest BCUT2D eigenvalue weighted by molar-refractivity contribution is 5.98. The number of carbonyl (C=O) groups is 3. The van der Waals surface area contributed by atoms with Crippen LogP contribution in [0.1, 0.15) is 87.0 Å². The largest absolute Gasteiger partial charge is 0.295 e. The molecule has 5 rings (SSSR count). The number of amides is 1. The van der Waals surface area contributed by atoms with Gasteiger partial charge < -0.3 is 0 Å². The molecule has 5 aliphatic carbocycles. The fourth-order valence-electron chi connectivity index (χ4n) is 10.1. The second-order valence-corrected chi connectivity index (χ2v) is 14.8. The van der Waals surface area contributed by atoms with Crippen molar-refractivity contribution in [2.24, 2.45) is 61.3 Å². The van der Waals surface area contributed by atoms with E-state index in [4.69, 9.17) is 0 Å². The number of ketones is 2. The smallest absolute Gasteiger partial charge is 0.225 e. The second-order valence-electron chi connectivity index (χ2n) is 14.8. The van der Waals surface area contributed by atoms with Crippen molar-refractivity contribution in [2.45, 2.75) is 87.0 Å². The van der Waals surface area contributed by atoms with Gasteiger partial charge in [-0.2, -0.15) is 5.26 Å². The summed E-state index contributed by atoms with van der Waals surface area (Å²) in [5.74, 6) is -1.85. The summed E-state index contributed by atoms with van der Waals surface area (Å²) < 4.78 is 0. The first-order valence-electron chi connectivity index (χ1n) is 14.1. The highest BCUT2D eigenvalue weighted by Gasteiger charge is 2.72. The van der Waals surface area contributed by atoms with Crippen LogP contribution in [-0.2, 0) is 14.4 Å². The van der Waals surface area contributed by atoms with Gasteiger partial charge in [0.2, 0.25) is 5.91 Å². The number of fused-ring (bicyclic) bond motifs is 7. The van der Waals surface area contributed by atoms with E-state index in [1.807, 2.05) is 26.0 Å². The summed E-state index contributed by atoms with van der Waals surface area (Å²) in [7, 11) is 0. The molecule has 0 aliphatic heterocycles. The second kappa shape index (κ2) is 7.92. The predicted octanol–water partition coefficient (Wildman–Crippen LogP) is 6.90. The van der Waals surface area contributed by atoms with Gasteiger partial charge >= 0.3 is 0 Å². The van der Waals surface area contributed by atoms with Crippen molar-refractivity contribution < 1.29 is 14.4 Å². The Morgan fingerprint density at radius 2 is 1.71 bits per heavy atom. The lowest BCUT2D eigenvalue weighted by molar-refractivity contribution is -0.184. The fraction of sp³-hybridized carbons (Fsp3) is 0.742. The van der Waals surface area contributed by atoms with Crippen LogP contribution in [0.4, 0.5) is 0 Å². The highest BCUT2D eigenvalue weighted by Crippen LogP contribution is 2.75. The molecule has 5 aliphatic rings. The van der Waals surface area contributed by atoms with Gasteiger partial charge in [-0.1, -0.05) is 60.1 Å². The van der Waals surface area contributed by atoms with Crippen LogP contribution in [0.15, 0.2) is 28.9 Å². The molecular weight excluding hydrogens is 476 g/mol. The third kappa shape index (κ3) is 3.02. The number of hydrogen-bond donors (Lipinski definition) is 0. The van der Waals surface area contributed by atoms with Crippen molar-refractivity contribution >= 4 is 17.5 Å². The summed E-state index contributed by atoms with van der Waals surface area (Å²) in [4.78, 5) is 43.7. The summed E-state index contributed by atoms with van der Waals surface area (Å²) in [6, 6.07) is 2.53. The maximum Gasteiger partial charge on any atom is 0.225 e. The molecule has 7 heteroatoms. The van der Waals surface area contributed by atoms with Crippen molar-refractivity contribution in [1.82, 2.24) is 0 Å². The first-order valence-corrected chi connectivity index (χ1v) is 14.1. The summed E-state index contributed by atoms with van der Waals surface area (Å²) in [6.07, 6.45) is 9.62. The number of azide groups is 1. The lowest BCUT2D eigenvalue weighted by Gasteiger charge is -2.69. The number of nitrogens with zero attached hydrogens (tertiary/aromatic N) is 4. The minimum atomic E-state index is -0.996. The van der Waals surface area contributed by atoms with E-state index in [0.29, 0.717) is 25.7 Å². The monoisotopic (exact) mass is 516 g/mol. The van der Waals surface area contributed by atoms with Crippen LogP contribution in [0.5, 0.6) is 0 Å². The Labute approximate surface area is 225 Å². The van der Waals surface area contributed by atoms with Crippen LogP contribution in [0.25, 0.3) is 10.4 Å². The minimum Gasteiger partial charge on any atom is -0.295 e. The van der Waals surface area contributed by atoms with Crippen LogP contribution in [0.2, 0.25) is 0 Å². The van der Waals surface area contributed by atoms with Crippen molar-refractivity contribution in [3.05, 3.63) is 34.2 Å². The molecule has 0 saturated heterocycles. The molecule has 202 valence electrons. The average molecular weight is 517 g/mol. The Balaban J connectivity index is 1.73. The van der Waals surface area contributed by atoms with E-state index < -0.39 is 45.3 Å². The number of carbonyl (C=O) groups excluding carboxylic acids is 3. The normalized spacial score (nSPS) is 46.2. The van der Waals surface area contributed by atoms with Crippen LogP contribution in [0.3, 0.4) is 0 Å². The molecule has 0 N–H and O–H groups in total. The summed E-state index contributed by atoms with van der Waals surface area (Å²) in [5, 5.41) is 14.1. The molecule has 0 bridgehead atoms. The third-order valence-corrected chi connectivity index (χ3v) is 12.7. The molecule has 38 heavy (non-hydrogen) atoms. The van der Waals surface area contributed by atoms with Gasteiger partial charge in [0.05, 0.1) is 12.0 Å². The molecule has 0 spiro atoms. The van der Waals surface area contributed by atoms with Crippen LogP contribution in [0, 0.1) is 67.5 Å². The van der Waals surface area contributed by atoms with E-state index in [9.17, 15) is 25.2 Å². The van der Waals surface area contributed by atoms with Gasteiger partial charge in [-0.3, -0.25) is 14.4 Å². The third-order valence-electron chi connectivity index (χ3n) is 12.7. The van der Waals surface area contributed by atoms with Crippen molar-refractivity contribution in [3.63, 3.8) is 0 Å². The number of nitriles is 1. The first kappa shape index (κ1) is 26.9. The molecule has 0 aromatic heterocycles. The summed E-state index contributed by atoms with van der Waals surface area (Å²) in [6.45, 7) is 14.8. The van der Waals surface area contributed by atoms with Gasteiger partial charge in [-0.15, -0.1) is 0 Å². The fourth-order valence-corrected chi connectivity index (χ4v) is 10.1. The standard InChI is InChI=1S/C31H40N4O3/c1-26(2)12-14-31(25(38)34-35-33)15-13-30(7)24(23(31)18(26)17-32)19(36)16-21-28(5)10-9-22(37)27(3,4)20(28)8-11-29(21,30)6/h9-10,16,18,20,23-24H,8,11-15H2,1-7H3/t18?,20-,23-,24+,28-,29+,30+,31-/m0/s1. The van der Waals surface area contributed by atoms with Crippen LogP contribution >= 0.6 is 0 Å². The molecular formula is C31H40N4O3. The maximum atomic E-state index is 14.4. The van der Waals surface area contributed by atoms with Gasteiger partial charge in [0, 0.05) is 27.1 Å². The lowest BCUT2D eigenvalue weighted by Crippen LogP contribution is -2.67. The topological polar surface area (TPSA) is 124 Å². The molecule has 3 saturated carbocycles. The lowest BCUT2D eigenvalue weighted by atomic mass is 9.33. The molecule has 8 atom stereocenters. The SMILES string of the molecule is CC1(C)CC[C@]2(C(=O)N=[N+]=[N-])CC[C@]3(C)[C@H](C(=O)C=C4[C@@]5(C)C=CC(=O)C(C)(C)[C@@H]5CC[C@]43C)[C@@H]2C1C#N. The Hall–Kier alpha value is -2.71. The molecule has 0 aromatic carbocycles. The Bertz CT molecular complexity index is 1300. The first-order chi connectivity index (χ1) is 17.6. The number of hydrogen-bond acceptors (Lipinski definition) is 4.